The minimum Gasteiger partial charge on any atom is -0.491 e. The molecule has 5 nitrogen and oxygen atoms in total. The number of nitrogens with two attached hydrogens (primary N) is 1. The minimum atomic E-state index is -0.565. The molecule has 7 heteroatoms. The lowest BCUT2D eigenvalue weighted by Crippen LogP contribution is -2.36. The van der Waals surface area contributed by atoms with E-state index in [9.17, 15) is 10.1 Å². The van der Waals surface area contributed by atoms with Crippen molar-refractivity contribution in [2.75, 3.05) is 13.7 Å². The van der Waals surface area contributed by atoms with E-state index >= 15 is 0 Å². The predicted octanol–water partition coefficient (Wildman–Crippen LogP) is 4.12. The van der Waals surface area contributed by atoms with Crippen LogP contribution in [0.4, 0.5) is 0 Å². The number of nitrogens with zero attached hydrogens (tertiary/aromatic N) is 2. The van der Waals surface area contributed by atoms with E-state index in [0.29, 0.717) is 51.4 Å². The number of benzene rings is 1. The number of rotatable bonds is 3. The molecule has 0 saturated heterocycles. The molecule has 136 valence electrons. The smallest absolute Gasteiger partial charge is 0.161 e. The van der Waals surface area contributed by atoms with Crippen LogP contribution in [0.15, 0.2) is 34.8 Å². The summed E-state index contributed by atoms with van der Waals surface area (Å²) >= 11 is 12.7. The zero-order chi connectivity index (χ0) is 19.0. The molecule has 0 aromatic heterocycles. The molecule has 1 aliphatic heterocycles. The number of ether oxygens (including phenoxy) is 1. The van der Waals surface area contributed by atoms with E-state index in [0.717, 1.165) is 18.5 Å². The summed E-state index contributed by atoms with van der Waals surface area (Å²) < 4.78 is 5.48. The average molecular weight is 392 g/mol. The molecule has 1 aromatic rings. The van der Waals surface area contributed by atoms with Gasteiger partial charge in [-0.2, -0.15) is 5.26 Å². The van der Waals surface area contributed by atoms with Crippen molar-refractivity contribution >= 4 is 29.0 Å². The van der Waals surface area contributed by atoms with Crippen molar-refractivity contribution in [3.8, 4) is 11.8 Å². The zero-order valence-electron chi connectivity index (χ0n) is 14.6. The summed E-state index contributed by atoms with van der Waals surface area (Å²) in [5.41, 5.74) is 8.69. The maximum atomic E-state index is 12.7. The zero-order valence-corrected chi connectivity index (χ0v) is 16.1. The van der Waals surface area contributed by atoms with E-state index in [-0.39, 0.29) is 5.78 Å². The quantitative estimate of drug-likeness (QED) is 0.837. The largest absolute Gasteiger partial charge is 0.491 e. The van der Waals surface area contributed by atoms with Crippen LogP contribution in [0.1, 0.15) is 37.7 Å². The molecule has 0 unspecified atom stereocenters. The number of carbonyl (C=O) groups is 1. The molecule has 0 amide bonds. The molecule has 1 aliphatic carbocycles. The van der Waals surface area contributed by atoms with Gasteiger partial charge >= 0.3 is 0 Å². The van der Waals surface area contributed by atoms with Crippen molar-refractivity contribution in [3.63, 3.8) is 0 Å². The fourth-order valence-corrected chi connectivity index (χ4v) is 4.24. The molecule has 2 N–H and O–H groups in total. The molecule has 0 bridgehead atoms. The summed E-state index contributed by atoms with van der Waals surface area (Å²) in [6.07, 6.45) is 1.97. The summed E-state index contributed by atoms with van der Waals surface area (Å²) in [7, 11) is 1.79. The Bertz CT molecular complexity index is 860. The number of carbonyl (C=O) groups excluding carboxylic acids is 1. The van der Waals surface area contributed by atoms with Crippen molar-refractivity contribution in [1.82, 2.24) is 4.90 Å². The summed E-state index contributed by atoms with van der Waals surface area (Å²) in [5.74, 6) is 0.216. The monoisotopic (exact) mass is 391 g/mol. The van der Waals surface area contributed by atoms with Gasteiger partial charge in [0.25, 0.3) is 0 Å². The van der Waals surface area contributed by atoms with Crippen LogP contribution in [0.2, 0.25) is 10.0 Å². The van der Waals surface area contributed by atoms with Gasteiger partial charge in [-0.3, -0.25) is 4.79 Å². The first kappa shape index (κ1) is 18.6. The lowest BCUT2D eigenvalue weighted by atomic mass is 9.76. The van der Waals surface area contributed by atoms with E-state index in [1.165, 1.54) is 0 Å². The van der Waals surface area contributed by atoms with Crippen LogP contribution in [0.5, 0.6) is 5.75 Å². The third kappa shape index (κ3) is 2.94. The Morgan fingerprint density at radius 1 is 1.35 bits per heavy atom. The molecule has 26 heavy (non-hydrogen) atoms. The van der Waals surface area contributed by atoms with Crippen molar-refractivity contribution in [3.05, 3.63) is 50.4 Å². The number of allylic oxidation sites excluding steroid dienone is 3. The fourth-order valence-electron chi connectivity index (χ4n) is 3.62. The second-order valence-electron chi connectivity index (χ2n) is 6.29. The Hall–Kier alpha value is -2.16. The Morgan fingerprint density at radius 2 is 2.00 bits per heavy atom. The molecule has 2 aliphatic rings. The molecule has 1 atom stereocenters. The highest BCUT2D eigenvalue weighted by atomic mass is 35.5. The molecule has 1 aromatic carbocycles. The summed E-state index contributed by atoms with van der Waals surface area (Å²) in [4.78, 5) is 14.5. The number of halogens is 2. The second kappa shape index (κ2) is 7.22. The number of nitriles is 1. The summed E-state index contributed by atoms with van der Waals surface area (Å²) in [5, 5.41) is 10.4. The third-order valence-electron chi connectivity index (χ3n) is 4.81. The SMILES string of the molecule is CCOc1c(Cl)cc([C@H]2C(C#N)=C(N)N(C)C3=C2C(=O)CCC3)cc1Cl. The lowest BCUT2D eigenvalue weighted by molar-refractivity contribution is -0.116. The van der Waals surface area contributed by atoms with Crippen LogP contribution in [-0.2, 0) is 4.79 Å². The highest BCUT2D eigenvalue weighted by molar-refractivity contribution is 6.37. The predicted molar refractivity (Wildman–Crippen MR) is 101 cm³/mol. The Morgan fingerprint density at radius 3 is 2.58 bits per heavy atom. The van der Waals surface area contributed by atoms with Crippen LogP contribution in [0, 0.1) is 11.3 Å². The van der Waals surface area contributed by atoms with Gasteiger partial charge in [0, 0.05) is 24.7 Å². The summed E-state index contributed by atoms with van der Waals surface area (Å²) in [6.45, 7) is 2.27. The Labute approximate surface area is 162 Å². The van der Waals surface area contributed by atoms with Gasteiger partial charge in [0.1, 0.15) is 5.82 Å². The number of Topliss-reactive ketones (excluding diaryl/α,β-unsaturated/α-hetero) is 1. The van der Waals surface area contributed by atoms with Crippen LogP contribution < -0.4 is 10.5 Å². The average Bonchev–Trinajstić information content (AvgIpc) is 2.61. The fraction of sp³-hybridized carbons (Fsp3) is 0.368. The molecule has 0 radical (unpaired) electrons. The second-order valence-corrected chi connectivity index (χ2v) is 7.10. The molecule has 0 spiro atoms. The maximum Gasteiger partial charge on any atom is 0.161 e. The van der Waals surface area contributed by atoms with E-state index in [4.69, 9.17) is 33.7 Å². The van der Waals surface area contributed by atoms with Crippen molar-refractivity contribution in [2.24, 2.45) is 5.73 Å². The highest BCUT2D eigenvalue weighted by Gasteiger charge is 2.39. The summed E-state index contributed by atoms with van der Waals surface area (Å²) in [6, 6.07) is 5.57. The first-order valence-electron chi connectivity index (χ1n) is 8.42. The van der Waals surface area contributed by atoms with Gasteiger partial charge in [0.15, 0.2) is 11.5 Å². The standard InChI is InChI=1S/C19H19Cl2N3O2/c1-3-26-18-12(20)7-10(8-13(18)21)16-11(9-22)19(23)24(2)14-5-4-6-15(25)17(14)16/h7-8,16H,3-6,23H2,1-2H3/t16-/m0/s1. The number of ketones is 1. The molecule has 1 heterocycles. The van der Waals surface area contributed by atoms with Gasteiger partial charge in [-0.1, -0.05) is 23.2 Å². The van der Waals surface area contributed by atoms with Gasteiger partial charge in [0.2, 0.25) is 0 Å². The lowest BCUT2D eigenvalue weighted by Gasteiger charge is -2.37. The van der Waals surface area contributed by atoms with Crippen LogP contribution in [0.25, 0.3) is 0 Å². The molecular formula is C19H19Cl2N3O2. The number of hydrogen-bond acceptors (Lipinski definition) is 5. The minimum absolute atomic E-state index is 0.0319. The first-order chi connectivity index (χ1) is 12.4. The highest BCUT2D eigenvalue weighted by Crippen LogP contribution is 2.46. The molecule has 3 rings (SSSR count). The van der Waals surface area contributed by atoms with E-state index in [1.54, 1.807) is 24.1 Å². The van der Waals surface area contributed by atoms with Crippen LogP contribution in [-0.4, -0.2) is 24.3 Å². The Kier molecular flexibility index (Phi) is 5.17. The number of hydrogen-bond donors (Lipinski definition) is 1. The first-order valence-corrected chi connectivity index (χ1v) is 9.17. The third-order valence-corrected chi connectivity index (χ3v) is 5.37. The van der Waals surface area contributed by atoms with Gasteiger partial charge in [0.05, 0.1) is 34.2 Å². The van der Waals surface area contributed by atoms with Crippen LogP contribution in [0.3, 0.4) is 0 Å². The molecule has 0 fully saturated rings. The van der Waals surface area contributed by atoms with Crippen molar-refractivity contribution < 1.29 is 9.53 Å². The van der Waals surface area contributed by atoms with Crippen LogP contribution >= 0.6 is 23.2 Å². The molecular weight excluding hydrogens is 373 g/mol. The van der Waals surface area contributed by atoms with Crippen molar-refractivity contribution in [1.29, 1.82) is 5.26 Å². The van der Waals surface area contributed by atoms with E-state index in [1.807, 2.05) is 6.92 Å². The molecule has 0 saturated carbocycles. The van der Waals surface area contributed by atoms with Crippen molar-refractivity contribution in [2.45, 2.75) is 32.1 Å². The van der Waals surface area contributed by atoms with E-state index < -0.39 is 5.92 Å². The van der Waals surface area contributed by atoms with Gasteiger partial charge in [-0.05, 0) is 37.5 Å². The van der Waals surface area contributed by atoms with Gasteiger partial charge in [-0.25, -0.2) is 0 Å². The maximum absolute atomic E-state index is 12.7. The topological polar surface area (TPSA) is 79.3 Å². The van der Waals surface area contributed by atoms with Gasteiger partial charge in [-0.15, -0.1) is 0 Å². The normalized spacial score (nSPS) is 20.2. The Balaban J connectivity index is 2.22. The van der Waals surface area contributed by atoms with E-state index in [2.05, 4.69) is 6.07 Å². The van der Waals surface area contributed by atoms with Gasteiger partial charge < -0.3 is 15.4 Å².